The van der Waals surface area contributed by atoms with Gasteiger partial charge < -0.3 is 9.80 Å². The molecule has 0 atom stereocenters. The molecule has 0 unspecified atom stereocenters. The summed E-state index contributed by atoms with van der Waals surface area (Å²) in [6, 6.07) is 7.88. The third-order valence-corrected chi connectivity index (χ3v) is 4.42. The minimum atomic E-state index is -0.0969. The van der Waals surface area contributed by atoms with Crippen LogP contribution in [-0.2, 0) is 4.79 Å². The van der Waals surface area contributed by atoms with Crippen LogP contribution in [0.15, 0.2) is 35.8 Å². The third kappa shape index (κ3) is 4.47. The lowest BCUT2D eigenvalue weighted by Gasteiger charge is -2.33. The van der Waals surface area contributed by atoms with Crippen LogP contribution in [0, 0.1) is 18.8 Å². The van der Waals surface area contributed by atoms with Gasteiger partial charge in [-0.25, -0.2) is 4.98 Å². The Morgan fingerprint density at radius 1 is 1.26 bits per heavy atom. The van der Waals surface area contributed by atoms with Crippen molar-refractivity contribution in [2.24, 2.45) is 0 Å². The van der Waals surface area contributed by atoms with Crippen LogP contribution in [0.1, 0.15) is 11.1 Å². The van der Waals surface area contributed by atoms with Crippen LogP contribution in [0.3, 0.4) is 0 Å². The van der Waals surface area contributed by atoms with Crippen LogP contribution in [0.4, 0.5) is 5.13 Å². The molecule has 0 aliphatic carbocycles. The summed E-state index contributed by atoms with van der Waals surface area (Å²) in [5.74, 6) is 5.61. The molecular formula is C17H18ClN3OS. The van der Waals surface area contributed by atoms with Crippen molar-refractivity contribution in [2.45, 2.75) is 6.92 Å². The molecule has 4 nitrogen and oxygen atoms in total. The Morgan fingerprint density at radius 3 is 2.70 bits per heavy atom. The number of aryl methyl sites for hydroxylation is 1. The van der Waals surface area contributed by atoms with E-state index in [1.54, 1.807) is 11.3 Å². The Balaban J connectivity index is 0.00000192. The molecule has 2 aromatic rings. The normalized spacial score (nSPS) is 13.8. The topological polar surface area (TPSA) is 36.4 Å². The number of carbonyl (C=O) groups is 1. The summed E-state index contributed by atoms with van der Waals surface area (Å²) in [6.45, 7) is 5.03. The molecule has 23 heavy (non-hydrogen) atoms. The summed E-state index contributed by atoms with van der Waals surface area (Å²) >= 11 is 1.63. The lowest BCUT2D eigenvalue weighted by Crippen LogP contribution is -2.48. The van der Waals surface area contributed by atoms with Crippen molar-refractivity contribution in [1.82, 2.24) is 9.88 Å². The van der Waals surface area contributed by atoms with E-state index in [4.69, 9.17) is 0 Å². The van der Waals surface area contributed by atoms with Crippen LogP contribution < -0.4 is 4.90 Å². The van der Waals surface area contributed by atoms with E-state index in [0.717, 1.165) is 29.3 Å². The maximum absolute atomic E-state index is 12.2. The molecule has 6 heteroatoms. The largest absolute Gasteiger partial charge is 0.345 e. The fourth-order valence-electron chi connectivity index (χ4n) is 2.40. The van der Waals surface area contributed by atoms with Crippen molar-refractivity contribution in [3.05, 3.63) is 47.0 Å². The van der Waals surface area contributed by atoms with Crippen LogP contribution in [-0.4, -0.2) is 42.0 Å². The lowest BCUT2D eigenvalue weighted by atomic mass is 10.1. The van der Waals surface area contributed by atoms with Gasteiger partial charge in [-0.3, -0.25) is 4.79 Å². The van der Waals surface area contributed by atoms with Crippen molar-refractivity contribution in [3.63, 3.8) is 0 Å². The van der Waals surface area contributed by atoms with E-state index in [1.807, 2.05) is 47.7 Å². The summed E-state index contributed by atoms with van der Waals surface area (Å²) in [4.78, 5) is 20.5. The SMILES string of the molecule is Cc1cccc(C#CC(=O)N2CCN(c3nccs3)CC2)c1.Cl. The second-order valence-electron chi connectivity index (χ2n) is 5.21. The fourth-order valence-corrected chi connectivity index (χ4v) is 3.10. The first-order valence-electron chi connectivity index (χ1n) is 7.24. The predicted molar refractivity (Wildman–Crippen MR) is 96.2 cm³/mol. The first kappa shape index (κ1) is 17.3. The number of anilines is 1. The zero-order valence-electron chi connectivity index (χ0n) is 12.9. The first-order chi connectivity index (χ1) is 10.7. The van der Waals surface area contributed by atoms with Gasteiger partial charge in [-0.15, -0.1) is 23.7 Å². The number of aromatic nitrogens is 1. The molecule has 1 aliphatic heterocycles. The molecule has 0 spiro atoms. The molecule has 3 rings (SSSR count). The highest BCUT2D eigenvalue weighted by molar-refractivity contribution is 7.13. The van der Waals surface area contributed by atoms with Crippen molar-refractivity contribution in [2.75, 3.05) is 31.1 Å². The number of benzene rings is 1. The molecule has 1 aromatic heterocycles. The number of hydrogen-bond acceptors (Lipinski definition) is 4. The molecule has 120 valence electrons. The molecular weight excluding hydrogens is 330 g/mol. The average Bonchev–Trinajstić information content (AvgIpc) is 3.07. The van der Waals surface area contributed by atoms with E-state index in [9.17, 15) is 4.79 Å². The van der Waals surface area contributed by atoms with Gasteiger partial charge in [0.2, 0.25) is 0 Å². The van der Waals surface area contributed by atoms with Crippen molar-refractivity contribution < 1.29 is 4.79 Å². The van der Waals surface area contributed by atoms with E-state index in [-0.39, 0.29) is 18.3 Å². The maximum Gasteiger partial charge on any atom is 0.298 e. The average molecular weight is 348 g/mol. The monoisotopic (exact) mass is 347 g/mol. The minimum Gasteiger partial charge on any atom is -0.345 e. The number of halogens is 1. The van der Waals surface area contributed by atoms with Gasteiger partial charge in [0.25, 0.3) is 5.91 Å². The van der Waals surface area contributed by atoms with Crippen molar-refractivity contribution in [1.29, 1.82) is 0 Å². The van der Waals surface area contributed by atoms with Gasteiger partial charge in [-0.1, -0.05) is 18.1 Å². The zero-order valence-corrected chi connectivity index (χ0v) is 14.5. The Hall–Kier alpha value is -2.03. The minimum absolute atomic E-state index is 0. The number of carbonyl (C=O) groups excluding carboxylic acids is 1. The number of nitrogens with zero attached hydrogens (tertiary/aromatic N) is 3. The van der Waals surface area contributed by atoms with Crippen LogP contribution in [0.2, 0.25) is 0 Å². The van der Waals surface area contributed by atoms with Gasteiger partial charge in [0.15, 0.2) is 5.13 Å². The van der Waals surface area contributed by atoms with E-state index in [1.165, 1.54) is 0 Å². The summed E-state index contributed by atoms with van der Waals surface area (Å²) < 4.78 is 0. The van der Waals surface area contributed by atoms with E-state index >= 15 is 0 Å². The number of amides is 1. The quantitative estimate of drug-likeness (QED) is 0.744. The smallest absolute Gasteiger partial charge is 0.298 e. The Bertz CT molecular complexity index is 713. The molecule has 1 fully saturated rings. The third-order valence-electron chi connectivity index (χ3n) is 3.59. The van der Waals surface area contributed by atoms with Gasteiger partial charge in [0.05, 0.1) is 0 Å². The highest BCUT2D eigenvalue weighted by atomic mass is 35.5. The summed E-state index contributed by atoms with van der Waals surface area (Å²) in [5, 5.41) is 3.00. The van der Waals surface area contributed by atoms with Gasteiger partial charge in [0.1, 0.15) is 0 Å². The molecule has 1 aliphatic rings. The van der Waals surface area contributed by atoms with E-state index in [2.05, 4.69) is 21.7 Å². The van der Waals surface area contributed by atoms with Crippen LogP contribution >= 0.6 is 23.7 Å². The molecule has 0 saturated carbocycles. The number of rotatable bonds is 1. The Morgan fingerprint density at radius 2 is 2.04 bits per heavy atom. The second-order valence-corrected chi connectivity index (χ2v) is 6.09. The second kappa shape index (κ2) is 8.00. The van der Waals surface area contributed by atoms with Crippen LogP contribution in [0.25, 0.3) is 0 Å². The van der Waals surface area contributed by atoms with Gasteiger partial charge >= 0.3 is 0 Å². The van der Waals surface area contributed by atoms with Crippen molar-refractivity contribution >= 4 is 34.8 Å². The highest BCUT2D eigenvalue weighted by Gasteiger charge is 2.21. The molecule has 1 aromatic carbocycles. The van der Waals surface area contributed by atoms with Gasteiger partial charge in [0, 0.05) is 49.2 Å². The standard InChI is InChI=1S/C17H17N3OS.ClH/c1-14-3-2-4-15(13-14)5-6-16(21)19-8-10-20(11-9-19)17-18-7-12-22-17;/h2-4,7,12-13H,8-11H2,1H3;1H. The van der Waals surface area contributed by atoms with Crippen molar-refractivity contribution in [3.8, 4) is 11.8 Å². The molecule has 1 amide bonds. The molecule has 0 bridgehead atoms. The summed E-state index contributed by atoms with van der Waals surface area (Å²) in [7, 11) is 0. The fraction of sp³-hybridized carbons (Fsp3) is 0.294. The molecule has 2 heterocycles. The molecule has 1 saturated heterocycles. The van der Waals surface area contributed by atoms with E-state index in [0.29, 0.717) is 13.1 Å². The number of piperazine rings is 1. The maximum atomic E-state index is 12.2. The predicted octanol–water partition coefficient (Wildman–Crippen LogP) is 2.57. The zero-order chi connectivity index (χ0) is 15.4. The highest BCUT2D eigenvalue weighted by Crippen LogP contribution is 2.18. The van der Waals surface area contributed by atoms with Gasteiger partial charge in [-0.05, 0) is 24.6 Å². The summed E-state index contributed by atoms with van der Waals surface area (Å²) in [6.07, 6.45) is 1.81. The summed E-state index contributed by atoms with van der Waals surface area (Å²) in [5.41, 5.74) is 2.03. The molecule has 0 N–H and O–H groups in total. The van der Waals surface area contributed by atoms with E-state index < -0.39 is 0 Å². The lowest BCUT2D eigenvalue weighted by molar-refractivity contribution is -0.125. The van der Waals surface area contributed by atoms with Gasteiger partial charge in [-0.2, -0.15) is 0 Å². The van der Waals surface area contributed by atoms with Crippen LogP contribution in [0.5, 0.6) is 0 Å². The number of hydrogen-bond donors (Lipinski definition) is 0. The first-order valence-corrected chi connectivity index (χ1v) is 8.12. The Kier molecular flexibility index (Phi) is 6.03. The Labute approximate surface area is 146 Å². The molecule has 0 radical (unpaired) electrons. The number of thiazole rings is 1.